The molecule has 2 nitrogen and oxygen atoms in total. The highest BCUT2D eigenvalue weighted by Gasteiger charge is 2.17. The maximum Gasteiger partial charge on any atom is 0.0547 e. The Morgan fingerprint density at radius 2 is 0.714 bits per heavy atom. The van der Waals surface area contributed by atoms with Crippen molar-refractivity contribution in [2.45, 2.75) is 0 Å². The van der Waals surface area contributed by atoms with Crippen LogP contribution < -0.4 is 4.90 Å². The van der Waals surface area contributed by atoms with Gasteiger partial charge in [-0.25, -0.2) is 0 Å². The summed E-state index contributed by atoms with van der Waals surface area (Å²) < 4.78 is 2.44. The second-order valence-corrected chi connectivity index (χ2v) is 14.2. The molecule has 0 radical (unpaired) electrons. The van der Waals surface area contributed by atoms with Gasteiger partial charge >= 0.3 is 0 Å². The van der Waals surface area contributed by atoms with Gasteiger partial charge in [-0.2, -0.15) is 0 Å². The standard InChI is InChI=1S/C54H38N2/c1-4-15-39(16-5-1)40-31-33-43(34-32-40)49-23-10-12-25-52(49)56-53-26-13-11-24-50(53)51-36-35-45(38-54(51)56)42-29-27-41(28-30-42)44-17-14-22-48(37-44)55(46-18-6-2-7-19-46)47-20-8-3-9-21-47/h1-38H. The Hall–Kier alpha value is -7.42. The van der Waals surface area contributed by atoms with Crippen molar-refractivity contribution in [3.05, 3.63) is 231 Å². The van der Waals surface area contributed by atoms with Crippen molar-refractivity contribution in [2.75, 3.05) is 4.90 Å². The Kier molecular flexibility index (Phi) is 8.55. The molecule has 0 N–H and O–H groups in total. The average molecular weight is 715 g/mol. The van der Waals surface area contributed by atoms with Crippen molar-refractivity contribution in [2.24, 2.45) is 0 Å². The van der Waals surface area contributed by atoms with Crippen LogP contribution in [-0.4, -0.2) is 4.57 Å². The molecule has 10 aromatic rings. The van der Waals surface area contributed by atoms with Gasteiger partial charge in [-0.3, -0.25) is 0 Å². The van der Waals surface area contributed by atoms with E-state index in [1.54, 1.807) is 0 Å². The van der Waals surface area contributed by atoms with Crippen molar-refractivity contribution in [1.29, 1.82) is 0 Å². The van der Waals surface area contributed by atoms with Gasteiger partial charge in [-0.1, -0.05) is 176 Å². The topological polar surface area (TPSA) is 8.17 Å². The zero-order valence-electron chi connectivity index (χ0n) is 30.8. The van der Waals surface area contributed by atoms with E-state index < -0.39 is 0 Å². The number of hydrogen-bond acceptors (Lipinski definition) is 1. The summed E-state index contributed by atoms with van der Waals surface area (Å²) in [6.07, 6.45) is 0. The van der Waals surface area contributed by atoms with Crippen LogP contribution in [0, 0.1) is 0 Å². The van der Waals surface area contributed by atoms with Gasteiger partial charge < -0.3 is 9.47 Å². The fourth-order valence-electron chi connectivity index (χ4n) is 8.08. The highest BCUT2D eigenvalue weighted by molar-refractivity contribution is 6.10. The summed E-state index contributed by atoms with van der Waals surface area (Å²) in [7, 11) is 0. The van der Waals surface area contributed by atoms with Gasteiger partial charge in [0.25, 0.3) is 0 Å². The lowest BCUT2D eigenvalue weighted by molar-refractivity contribution is 1.18. The van der Waals surface area contributed by atoms with Crippen LogP contribution in [0.15, 0.2) is 231 Å². The molecule has 0 saturated heterocycles. The van der Waals surface area contributed by atoms with E-state index in [0.29, 0.717) is 0 Å². The van der Waals surface area contributed by atoms with Gasteiger partial charge in [0.15, 0.2) is 0 Å². The molecule has 1 aromatic heterocycles. The summed E-state index contributed by atoms with van der Waals surface area (Å²) in [4.78, 5) is 2.31. The third-order valence-electron chi connectivity index (χ3n) is 10.8. The lowest BCUT2D eigenvalue weighted by Crippen LogP contribution is -2.09. The van der Waals surface area contributed by atoms with E-state index in [1.165, 1.54) is 72.0 Å². The molecule has 1 heterocycles. The first-order valence-corrected chi connectivity index (χ1v) is 19.2. The van der Waals surface area contributed by atoms with Crippen LogP contribution in [0.5, 0.6) is 0 Å². The van der Waals surface area contributed by atoms with Crippen molar-refractivity contribution in [3.8, 4) is 50.2 Å². The van der Waals surface area contributed by atoms with Crippen LogP contribution in [0.2, 0.25) is 0 Å². The number of rotatable bonds is 8. The maximum absolute atomic E-state index is 2.44. The summed E-state index contributed by atoms with van der Waals surface area (Å²) in [5.74, 6) is 0. The molecule has 56 heavy (non-hydrogen) atoms. The molecular weight excluding hydrogens is 677 g/mol. The van der Waals surface area contributed by atoms with E-state index >= 15 is 0 Å². The van der Waals surface area contributed by atoms with Gasteiger partial charge in [0, 0.05) is 33.4 Å². The van der Waals surface area contributed by atoms with E-state index in [4.69, 9.17) is 0 Å². The summed E-state index contributed by atoms with van der Waals surface area (Å²) in [6, 6.07) is 82.9. The Morgan fingerprint density at radius 3 is 1.39 bits per heavy atom. The third-order valence-corrected chi connectivity index (χ3v) is 10.8. The number of nitrogens with zero attached hydrogens (tertiary/aromatic N) is 2. The summed E-state index contributed by atoms with van der Waals surface area (Å²) in [5, 5.41) is 2.49. The number of benzene rings is 9. The molecule has 264 valence electrons. The van der Waals surface area contributed by atoms with Crippen molar-refractivity contribution in [3.63, 3.8) is 0 Å². The second-order valence-electron chi connectivity index (χ2n) is 14.2. The molecule has 2 heteroatoms. The zero-order chi connectivity index (χ0) is 37.3. The fourth-order valence-corrected chi connectivity index (χ4v) is 8.08. The van der Waals surface area contributed by atoms with Gasteiger partial charge in [-0.05, 0) is 93.5 Å². The SMILES string of the molecule is c1ccc(-c2ccc(-c3ccccc3-n3c4ccccc4c4ccc(-c5ccc(-c6cccc(N(c7ccccc7)c7ccccc7)c6)cc5)cc43)cc2)cc1. The Bertz CT molecular complexity index is 2890. The van der Waals surface area contributed by atoms with Crippen molar-refractivity contribution >= 4 is 38.9 Å². The first-order valence-electron chi connectivity index (χ1n) is 19.2. The van der Waals surface area contributed by atoms with E-state index in [9.17, 15) is 0 Å². The molecule has 0 bridgehead atoms. The Labute approximate surface area is 327 Å². The summed E-state index contributed by atoms with van der Waals surface area (Å²) >= 11 is 0. The minimum atomic E-state index is 1.12. The zero-order valence-corrected chi connectivity index (χ0v) is 30.8. The van der Waals surface area contributed by atoms with Crippen LogP contribution in [0.1, 0.15) is 0 Å². The lowest BCUT2D eigenvalue weighted by Gasteiger charge is -2.25. The minimum absolute atomic E-state index is 1.12. The Balaban J connectivity index is 1.02. The monoisotopic (exact) mass is 714 g/mol. The molecule has 9 aromatic carbocycles. The largest absolute Gasteiger partial charge is 0.310 e. The first kappa shape index (κ1) is 33.2. The summed E-state index contributed by atoms with van der Waals surface area (Å²) in [5.41, 5.74) is 16.5. The number of hydrogen-bond donors (Lipinski definition) is 0. The number of aromatic nitrogens is 1. The van der Waals surface area contributed by atoms with Crippen LogP contribution in [0.25, 0.3) is 72.0 Å². The highest BCUT2D eigenvalue weighted by atomic mass is 15.1. The number of para-hydroxylation sites is 4. The van der Waals surface area contributed by atoms with Gasteiger partial charge in [0.1, 0.15) is 0 Å². The quantitative estimate of drug-likeness (QED) is 0.152. The lowest BCUT2D eigenvalue weighted by atomic mass is 9.98. The van der Waals surface area contributed by atoms with Gasteiger partial charge in [0.2, 0.25) is 0 Å². The third kappa shape index (κ3) is 6.14. The van der Waals surface area contributed by atoms with E-state index in [2.05, 4.69) is 240 Å². The normalized spacial score (nSPS) is 11.2. The molecule has 0 aliphatic rings. The van der Waals surface area contributed by atoms with Gasteiger partial charge in [-0.15, -0.1) is 0 Å². The molecule has 0 aliphatic carbocycles. The molecule has 0 aliphatic heterocycles. The summed E-state index contributed by atoms with van der Waals surface area (Å²) in [6.45, 7) is 0. The predicted molar refractivity (Wildman–Crippen MR) is 237 cm³/mol. The van der Waals surface area contributed by atoms with E-state index in [1.807, 2.05) is 0 Å². The fraction of sp³-hybridized carbons (Fsp3) is 0. The molecule has 0 atom stereocenters. The molecule has 0 saturated carbocycles. The minimum Gasteiger partial charge on any atom is -0.310 e. The van der Waals surface area contributed by atoms with Crippen LogP contribution >= 0.6 is 0 Å². The van der Waals surface area contributed by atoms with Crippen molar-refractivity contribution < 1.29 is 0 Å². The van der Waals surface area contributed by atoms with Crippen LogP contribution in [0.3, 0.4) is 0 Å². The van der Waals surface area contributed by atoms with Crippen LogP contribution in [-0.2, 0) is 0 Å². The average Bonchev–Trinajstić information content (AvgIpc) is 3.61. The molecular formula is C54H38N2. The van der Waals surface area contributed by atoms with Crippen molar-refractivity contribution in [1.82, 2.24) is 4.57 Å². The molecule has 0 amide bonds. The molecule has 0 unspecified atom stereocenters. The first-order chi connectivity index (χ1) is 27.8. The maximum atomic E-state index is 2.44. The predicted octanol–water partition coefficient (Wildman–Crippen LogP) is 14.9. The van der Waals surface area contributed by atoms with Crippen LogP contribution in [0.4, 0.5) is 17.1 Å². The molecule has 10 rings (SSSR count). The smallest absolute Gasteiger partial charge is 0.0547 e. The molecule has 0 fully saturated rings. The van der Waals surface area contributed by atoms with Gasteiger partial charge in [0.05, 0.1) is 16.7 Å². The second kappa shape index (κ2) is 14.4. The van der Waals surface area contributed by atoms with E-state index in [0.717, 1.165) is 17.1 Å². The van der Waals surface area contributed by atoms with E-state index in [-0.39, 0.29) is 0 Å². The Morgan fingerprint density at radius 1 is 0.268 bits per heavy atom. The molecule has 0 spiro atoms. The number of anilines is 3. The highest BCUT2D eigenvalue weighted by Crippen LogP contribution is 2.40. The number of fused-ring (bicyclic) bond motifs is 3.